The molecule has 1 saturated heterocycles. The first-order valence-corrected chi connectivity index (χ1v) is 11.4. The Morgan fingerprint density at radius 3 is 2.52 bits per heavy atom. The molecule has 1 aliphatic rings. The fraction of sp³-hybridized carbons (Fsp3) is 0.333. The van der Waals surface area contributed by atoms with Crippen molar-refractivity contribution in [3.63, 3.8) is 0 Å². The number of piperidine rings is 1. The summed E-state index contributed by atoms with van der Waals surface area (Å²) < 4.78 is 16.1. The van der Waals surface area contributed by atoms with E-state index >= 15 is 0 Å². The van der Waals surface area contributed by atoms with Crippen molar-refractivity contribution in [2.24, 2.45) is 0 Å². The third kappa shape index (κ3) is 4.56. The van der Waals surface area contributed by atoms with Gasteiger partial charge in [-0.1, -0.05) is 18.2 Å². The number of nitrogens with one attached hydrogen (secondary N) is 1. The van der Waals surface area contributed by atoms with Gasteiger partial charge in [-0.05, 0) is 56.3 Å². The number of likely N-dealkylation sites (tertiary alicyclic amines) is 1. The minimum Gasteiger partial charge on any atom is -0.349 e. The monoisotopic (exact) mass is 439 g/mol. The van der Waals surface area contributed by atoms with Gasteiger partial charge in [0.05, 0.1) is 17.7 Å². The van der Waals surface area contributed by atoms with Crippen LogP contribution in [0, 0.1) is 19.7 Å². The van der Waals surface area contributed by atoms with Crippen molar-refractivity contribution >= 4 is 23.2 Å². The lowest BCUT2D eigenvalue weighted by Gasteiger charge is -2.32. The van der Waals surface area contributed by atoms with Crippen molar-refractivity contribution in [1.29, 1.82) is 0 Å². The molecular weight excluding hydrogens is 413 g/mol. The molecule has 4 rings (SSSR count). The molecule has 31 heavy (non-hydrogen) atoms. The summed E-state index contributed by atoms with van der Waals surface area (Å²) in [6, 6.07) is 12.1. The average molecular weight is 440 g/mol. The lowest BCUT2D eigenvalue weighted by atomic mass is 10.0. The second-order valence-electron chi connectivity index (χ2n) is 7.97. The van der Waals surface area contributed by atoms with Crippen LogP contribution < -0.4 is 5.32 Å². The van der Waals surface area contributed by atoms with Crippen LogP contribution in [-0.2, 0) is 6.54 Å². The highest BCUT2D eigenvalue weighted by Gasteiger charge is 2.27. The van der Waals surface area contributed by atoms with Crippen LogP contribution in [0.25, 0.3) is 0 Å². The van der Waals surface area contributed by atoms with Gasteiger partial charge in [0.2, 0.25) is 0 Å². The highest BCUT2D eigenvalue weighted by atomic mass is 32.1. The molecule has 0 bridgehead atoms. The van der Waals surface area contributed by atoms with Crippen molar-refractivity contribution in [2.45, 2.75) is 39.3 Å². The highest BCUT2D eigenvalue weighted by molar-refractivity contribution is 7.09. The van der Waals surface area contributed by atoms with E-state index < -0.39 is 5.82 Å². The van der Waals surface area contributed by atoms with Crippen LogP contribution in [0.4, 0.5) is 4.39 Å². The van der Waals surface area contributed by atoms with E-state index in [9.17, 15) is 14.0 Å². The molecule has 162 valence electrons. The first-order valence-electron chi connectivity index (χ1n) is 10.5. The molecule has 0 atom stereocenters. The van der Waals surface area contributed by atoms with Gasteiger partial charge in [-0.15, -0.1) is 11.3 Å². The molecule has 0 radical (unpaired) electrons. The lowest BCUT2D eigenvalue weighted by molar-refractivity contribution is 0.0693. The predicted octanol–water partition coefficient (Wildman–Crippen LogP) is 4.39. The number of rotatable bonds is 5. The van der Waals surface area contributed by atoms with Gasteiger partial charge < -0.3 is 14.8 Å². The normalized spacial score (nSPS) is 14.6. The molecule has 5 nitrogen and oxygen atoms in total. The zero-order valence-electron chi connectivity index (χ0n) is 17.7. The summed E-state index contributed by atoms with van der Waals surface area (Å²) in [4.78, 5) is 28.4. The zero-order valence-corrected chi connectivity index (χ0v) is 18.5. The molecular formula is C24H26FN3O2S. The number of aryl methyl sites for hydroxylation is 1. The van der Waals surface area contributed by atoms with Crippen molar-refractivity contribution < 1.29 is 14.0 Å². The summed E-state index contributed by atoms with van der Waals surface area (Å²) in [6.45, 7) is 5.75. The van der Waals surface area contributed by atoms with Gasteiger partial charge in [-0.3, -0.25) is 9.59 Å². The Hall–Kier alpha value is -2.93. The topological polar surface area (TPSA) is 54.3 Å². The van der Waals surface area contributed by atoms with Gasteiger partial charge in [0.15, 0.2) is 0 Å². The molecule has 1 fully saturated rings. The quantitative estimate of drug-likeness (QED) is 0.641. The summed E-state index contributed by atoms with van der Waals surface area (Å²) in [7, 11) is 0. The summed E-state index contributed by atoms with van der Waals surface area (Å²) in [5.41, 5.74) is 2.80. The van der Waals surface area contributed by atoms with E-state index in [1.165, 1.54) is 17.0 Å². The van der Waals surface area contributed by atoms with Crippen molar-refractivity contribution in [3.05, 3.63) is 81.1 Å². The highest BCUT2D eigenvalue weighted by Crippen LogP contribution is 2.21. The lowest BCUT2D eigenvalue weighted by Crippen LogP contribution is -2.46. The van der Waals surface area contributed by atoms with Gasteiger partial charge in [-0.2, -0.15) is 0 Å². The predicted molar refractivity (Wildman–Crippen MR) is 120 cm³/mol. The van der Waals surface area contributed by atoms with E-state index in [1.807, 2.05) is 26.0 Å². The first-order chi connectivity index (χ1) is 14.9. The van der Waals surface area contributed by atoms with Crippen LogP contribution >= 0.6 is 11.3 Å². The molecule has 1 aromatic carbocycles. The number of carbonyl (C=O) groups is 2. The number of halogens is 1. The van der Waals surface area contributed by atoms with Gasteiger partial charge in [0.25, 0.3) is 11.8 Å². The fourth-order valence-electron chi connectivity index (χ4n) is 4.13. The van der Waals surface area contributed by atoms with E-state index in [0.717, 1.165) is 17.9 Å². The van der Waals surface area contributed by atoms with Crippen LogP contribution in [0.5, 0.6) is 0 Å². The van der Waals surface area contributed by atoms with Gasteiger partial charge in [0.1, 0.15) is 5.82 Å². The van der Waals surface area contributed by atoms with E-state index in [4.69, 9.17) is 0 Å². The van der Waals surface area contributed by atoms with Crippen LogP contribution in [0.3, 0.4) is 0 Å². The van der Waals surface area contributed by atoms with Crippen LogP contribution in [0.2, 0.25) is 0 Å². The average Bonchev–Trinajstić information content (AvgIpc) is 3.38. The maximum absolute atomic E-state index is 13.9. The number of carbonyl (C=O) groups excluding carboxylic acids is 2. The number of aromatic nitrogens is 1. The molecule has 0 saturated carbocycles. The van der Waals surface area contributed by atoms with Gasteiger partial charge in [-0.25, -0.2) is 4.39 Å². The number of thiophene rings is 1. The summed E-state index contributed by atoms with van der Waals surface area (Å²) >= 11 is 1.71. The van der Waals surface area contributed by atoms with Gasteiger partial charge >= 0.3 is 0 Å². The minimum absolute atomic E-state index is 0.00229. The van der Waals surface area contributed by atoms with Crippen molar-refractivity contribution in [2.75, 3.05) is 13.1 Å². The maximum Gasteiger partial charge on any atom is 0.256 e. The summed E-state index contributed by atoms with van der Waals surface area (Å²) in [6.07, 6.45) is 1.31. The Kier molecular flexibility index (Phi) is 6.23. The van der Waals surface area contributed by atoms with E-state index in [2.05, 4.69) is 21.3 Å². The molecule has 7 heteroatoms. The molecule has 1 N–H and O–H groups in total. The Labute approximate surface area is 185 Å². The number of amides is 2. The minimum atomic E-state index is -0.499. The molecule has 2 aromatic heterocycles. The Bertz CT molecular complexity index is 1080. The third-order valence-corrected chi connectivity index (χ3v) is 6.80. The maximum atomic E-state index is 13.9. The number of hydrogen-bond donors (Lipinski definition) is 1. The van der Waals surface area contributed by atoms with Crippen LogP contribution in [0.1, 0.15) is 49.8 Å². The van der Waals surface area contributed by atoms with Crippen molar-refractivity contribution in [1.82, 2.24) is 14.8 Å². The summed E-state index contributed by atoms with van der Waals surface area (Å²) in [5.74, 6) is -0.870. The smallest absolute Gasteiger partial charge is 0.256 e. The molecule has 0 aliphatic carbocycles. The Morgan fingerprint density at radius 2 is 1.84 bits per heavy atom. The van der Waals surface area contributed by atoms with E-state index in [-0.39, 0.29) is 23.4 Å². The van der Waals surface area contributed by atoms with E-state index in [0.29, 0.717) is 31.5 Å². The second kappa shape index (κ2) is 9.06. The molecule has 3 aromatic rings. The Morgan fingerprint density at radius 1 is 1.10 bits per heavy atom. The third-order valence-electron chi connectivity index (χ3n) is 5.93. The molecule has 2 amide bonds. The SMILES string of the molecule is Cc1cc(C(=O)NC2CCN(C(=O)c3ccccc3F)CC2)c(C)n1Cc1cccs1. The van der Waals surface area contributed by atoms with Crippen LogP contribution in [-0.4, -0.2) is 40.4 Å². The van der Waals surface area contributed by atoms with Crippen LogP contribution in [0.15, 0.2) is 47.8 Å². The zero-order chi connectivity index (χ0) is 22.0. The molecule has 0 unspecified atom stereocenters. The fourth-order valence-corrected chi connectivity index (χ4v) is 4.82. The molecule has 0 spiro atoms. The standard InChI is InChI=1S/C24H26FN3O2S/c1-16-14-21(17(2)28(16)15-19-6-5-13-31-19)23(29)26-18-9-11-27(12-10-18)24(30)20-7-3-4-8-22(20)25/h3-8,13-14,18H,9-12,15H2,1-2H3,(H,26,29). The molecule has 3 heterocycles. The van der Waals surface area contributed by atoms with E-state index in [1.54, 1.807) is 28.4 Å². The van der Waals surface area contributed by atoms with Gasteiger partial charge in [0, 0.05) is 35.4 Å². The second-order valence-corrected chi connectivity index (χ2v) is 9.00. The van der Waals surface area contributed by atoms with Crippen molar-refractivity contribution in [3.8, 4) is 0 Å². The largest absolute Gasteiger partial charge is 0.349 e. The number of hydrogen-bond acceptors (Lipinski definition) is 3. The number of nitrogens with zero attached hydrogens (tertiary/aromatic N) is 2. The molecule has 1 aliphatic heterocycles. The number of benzene rings is 1. The first kappa shape index (κ1) is 21.3. The Balaban J connectivity index is 1.36. The summed E-state index contributed by atoms with van der Waals surface area (Å²) in [5, 5.41) is 5.18.